The highest BCUT2D eigenvalue weighted by Crippen LogP contribution is 2.45. The molecule has 2 aliphatic rings. The summed E-state index contributed by atoms with van der Waals surface area (Å²) in [6, 6.07) is 15.4. The Labute approximate surface area is 242 Å². The molecular formula is C32H29FN6O3. The lowest BCUT2D eigenvalue weighted by Gasteiger charge is -2.24. The monoisotopic (exact) mass is 564 g/mol. The predicted molar refractivity (Wildman–Crippen MR) is 154 cm³/mol. The third-order valence-corrected chi connectivity index (χ3v) is 8.10. The van der Waals surface area contributed by atoms with Crippen LogP contribution >= 0.6 is 0 Å². The van der Waals surface area contributed by atoms with Gasteiger partial charge in [-0.25, -0.2) is 19.3 Å². The summed E-state index contributed by atoms with van der Waals surface area (Å²) in [4.78, 5) is 26.6. The van der Waals surface area contributed by atoms with Crippen LogP contribution in [0.1, 0.15) is 41.8 Å². The quantitative estimate of drug-likeness (QED) is 0.266. The van der Waals surface area contributed by atoms with E-state index in [1.807, 2.05) is 18.2 Å². The average molecular weight is 565 g/mol. The standard InChI is InChI=1S/C32H29FN6O3/c1-3-8-21-25(32(42)34-2)28(40)29(41)27(21)39-17-35-26-30(36-23-16-22(23)19-10-5-4-6-11-19)37-24(38-31(26)39)14-13-18-9-7-12-20(33)15-18/h1,4-7,9-12,15,17,21-23,25,27-29,40-41H,8,16H2,2H3,(H,34,42)(H,36,37,38)/t21?,22-,23?,25-,27+,28+,29-/m0/s1. The number of rotatable bonds is 6. The molecule has 2 fully saturated rings. The summed E-state index contributed by atoms with van der Waals surface area (Å²) in [7, 11) is 1.48. The molecule has 2 aliphatic carbocycles. The summed E-state index contributed by atoms with van der Waals surface area (Å²) in [6.07, 6.45) is 5.58. The zero-order chi connectivity index (χ0) is 29.4. The van der Waals surface area contributed by atoms with E-state index in [2.05, 4.69) is 55.5 Å². The number of carbonyl (C=O) groups is 1. The van der Waals surface area contributed by atoms with Crippen LogP contribution in [-0.2, 0) is 4.79 Å². The Balaban J connectivity index is 1.43. The largest absolute Gasteiger partial charge is 0.389 e. The van der Waals surface area contributed by atoms with Gasteiger partial charge in [-0.3, -0.25) is 4.79 Å². The molecule has 1 amide bonds. The Hall–Kier alpha value is -4.77. The molecule has 2 unspecified atom stereocenters. The van der Waals surface area contributed by atoms with Crippen molar-refractivity contribution in [3.8, 4) is 24.2 Å². The Morgan fingerprint density at radius 2 is 1.93 bits per heavy atom. The van der Waals surface area contributed by atoms with Crippen molar-refractivity contribution >= 4 is 22.9 Å². The van der Waals surface area contributed by atoms with Crippen LogP contribution in [0.15, 0.2) is 60.9 Å². The molecule has 2 aromatic heterocycles. The van der Waals surface area contributed by atoms with Gasteiger partial charge in [0.15, 0.2) is 17.0 Å². The van der Waals surface area contributed by atoms with Crippen LogP contribution in [0.3, 0.4) is 0 Å². The van der Waals surface area contributed by atoms with E-state index < -0.39 is 41.8 Å². The molecule has 0 spiro atoms. The lowest BCUT2D eigenvalue weighted by molar-refractivity contribution is -0.129. The fourth-order valence-corrected chi connectivity index (χ4v) is 5.99. The molecule has 0 radical (unpaired) electrons. The Morgan fingerprint density at radius 3 is 2.67 bits per heavy atom. The first kappa shape index (κ1) is 27.4. The lowest BCUT2D eigenvalue weighted by Crippen LogP contribution is -2.38. The van der Waals surface area contributed by atoms with Crippen LogP contribution in [0.25, 0.3) is 11.2 Å². The van der Waals surface area contributed by atoms with Crippen LogP contribution < -0.4 is 10.6 Å². The molecule has 2 heterocycles. The molecule has 212 valence electrons. The zero-order valence-corrected chi connectivity index (χ0v) is 22.8. The number of nitrogens with one attached hydrogen (secondary N) is 2. The number of benzene rings is 2. The van der Waals surface area contributed by atoms with Crippen molar-refractivity contribution in [3.63, 3.8) is 0 Å². The van der Waals surface area contributed by atoms with E-state index >= 15 is 0 Å². The molecule has 6 rings (SSSR count). The van der Waals surface area contributed by atoms with Crippen LogP contribution in [0.4, 0.5) is 10.2 Å². The SMILES string of the molecule is C#CCC1[C@@H](n2cnc3c(NC4C[C@H]4c4ccccc4)nc(C#Cc4cccc(F)c4)nc32)[C@H](O)[C@H](O)[C@H]1C(=O)NC. The van der Waals surface area contributed by atoms with Gasteiger partial charge in [0.1, 0.15) is 11.9 Å². The highest BCUT2D eigenvalue weighted by Gasteiger charge is 2.53. The van der Waals surface area contributed by atoms with E-state index in [0.29, 0.717) is 28.5 Å². The van der Waals surface area contributed by atoms with Crippen molar-refractivity contribution in [2.24, 2.45) is 11.8 Å². The van der Waals surface area contributed by atoms with E-state index in [1.165, 1.54) is 31.1 Å². The number of amides is 1. The molecule has 0 bridgehead atoms. The van der Waals surface area contributed by atoms with Crippen LogP contribution in [0.2, 0.25) is 0 Å². The smallest absolute Gasteiger partial charge is 0.225 e. The number of hydrogen-bond acceptors (Lipinski definition) is 7. The predicted octanol–water partition coefficient (Wildman–Crippen LogP) is 2.61. The maximum absolute atomic E-state index is 13.8. The Morgan fingerprint density at radius 1 is 1.12 bits per heavy atom. The summed E-state index contributed by atoms with van der Waals surface area (Å²) < 4.78 is 15.4. The fourth-order valence-electron chi connectivity index (χ4n) is 5.99. The van der Waals surface area contributed by atoms with Gasteiger partial charge in [-0.1, -0.05) is 42.3 Å². The number of aliphatic hydroxyl groups excluding tert-OH is 2. The molecule has 4 aromatic rings. The first-order chi connectivity index (χ1) is 20.4. The van der Waals surface area contributed by atoms with Gasteiger partial charge in [0, 0.05) is 36.9 Å². The zero-order valence-electron chi connectivity index (χ0n) is 22.8. The van der Waals surface area contributed by atoms with Crippen LogP contribution in [0.5, 0.6) is 0 Å². The number of carbonyl (C=O) groups excluding carboxylic acids is 1. The minimum atomic E-state index is -1.34. The summed E-state index contributed by atoms with van der Waals surface area (Å²) in [5.74, 6) is 7.04. The van der Waals surface area contributed by atoms with Gasteiger partial charge in [-0.05, 0) is 36.1 Å². The van der Waals surface area contributed by atoms with Gasteiger partial charge in [0.2, 0.25) is 11.7 Å². The van der Waals surface area contributed by atoms with Crippen molar-refractivity contribution in [1.29, 1.82) is 0 Å². The second-order valence-electron chi connectivity index (χ2n) is 10.7. The first-order valence-corrected chi connectivity index (χ1v) is 13.7. The van der Waals surface area contributed by atoms with Crippen molar-refractivity contribution in [3.05, 3.63) is 83.7 Å². The second-order valence-corrected chi connectivity index (χ2v) is 10.7. The number of aromatic nitrogens is 4. The molecule has 0 aliphatic heterocycles. The number of fused-ring (bicyclic) bond motifs is 1. The highest BCUT2D eigenvalue weighted by molar-refractivity contribution is 5.84. The van der Waals surface area contributed by atoms with Crippen LogP contribution in [0, 0.1) is 41.8 Å². The van der Waals surface area contributed by atoms with E-state index in [9.17, 15) is 19.4 Å². The number of terminal acetylenes is 1. The number of anilines is 1. The minimum Gasteiger partial charge on any atom is -0.389 e. The molecule has 9 nitrogen and oxygen atoms in total. The van der Waals surface area contributed by atoms with E-state index in [0.717, 1.165) is 6.42 Å². The first-order valence-electron chi connectivity index (χ1n) is 13.7. The van der Waals surface area contributed by atoms with E-state index in [-0.39, 0.29) is 18.3 Å². The Kier molecular flexibility index (Phi) is 7.34. The minimum absolute atomic E-state index is 0.116. The topological polar surface area (TPSA) is 125 Å². The number of imidazole rings is 1. The van der Waals surface area contributed by atoms with Gasteiger partial charge in [0.05, 0.1) is 24.4 Å². The summed E-state index contributed by atoms with van der Waals surface area (Å²) in [5.41, 5.74) is 2.50. The number of aliphatic hydroxyl groups is 2. The summed E-state index contributed by atoms with van der Waals surface area (Å²) >= 11 is 0. The number of nitrogens with zero attached hydrogens (tertiary/aromatic N) is 4. The van der Waals surface area contributed by atoms with Gasteiger partial charge < -0.3 is 25.4 Å². The molecule has 2 aromatic carbocycles. The van der Waals surface area contributed by atoms with Crippen LogP contribution in [-0.4, -0.2) is 60.9 Å². The lowest BCUT2D eigenvalue weighted by atomic mass is 9.89. The van der Waals surface area contributed by atoms with Crippen molar-refractivity contribution in [1.82, 2.24) is 24.8 Å². The highest BCUT2D eigenvalue weighted by atomic mass is 19.1. The van der Waals surface area contributed by atoms with Gasteiger partial charge in [-0.2, -0.15) is 0 Å². The average Bonchev–Trinajstić information content (AvgIpc) is 3.57. The fraction of sp³-hybridized carbons (Fsp3) is 0.312. The van der Waals surface area contributed by atoms with Crippen molar-refractivity contribution < 1.29 is 19.4 Å². The molecule has 42 heavy (non-hydrogen) atoms. The summed E-state index contributed by atoms with van der Waals surface area (Å²) in [6.45, 7) is 0. The number of hydrogen-bond donors (Lipinski definition) is 4. The molecule has 2 saturated carbocycles. The maximum atomic E-state index is 13.8. The van der Waals surface area contributed by atoms with E-state index in [1.54, 1.807) is 16.7 Å². The Bertz CT molecular complexity index is 1740. The normalized spacial score (nSPS) is 26.2. The van der Waals surface area contributed by atoms with Gasteiger partial charge in [0.25, 0.3) is 0 Å². The molecule has 0 saturated heterocycles. The van der Waals surface area contributed by atoms with Gasteiger partial charge in [-0.15, -0.1) is 12.3 Å². The van der Waals surface area contributed by atoms with Gasteiger partial charge >= 0.3 is 0 Å². The van der Waals surface area contributed by atoms with E-state index in [4.69, 9.17) is 6.42 Å². The van der Waals surface area contributed by atoms with Crippen molar-refractivity contribution in [2.75, 3.05) is 12.4 Å². The maximum Gasteiger partial charge on any atom is 0.225 e. The third kappa shape index (κ3) is 5.07. The number of halogens is 1. The molecule has 4 N–H and O–H groups in total. The van der Waals surface area contributed by atoms with Crippen molar-refractivity contribution in [2.45, 2.75) is 43.1 Å². The molecule has 10 heteroatoms. The molecular weight excluding hydrogens is 535 g/mol. The second kappa shape index (κ2) is 11.2. The third-order valence-electron chi connectivity index (χ3n) is 8.10. The molecule has 7 atom stereocenters. The summed E-state index contributed by atoms with van der Waals surface area (Å²) in [5, 5.41) is 28.1.